The molecular formula is C13H21BrN2O3S. The highest BCUT2D eigenvalue weighted by Gasteiger charge is 2.18. The van der Waals surface area contributed by atoms with E-state index in [0.717, 1.165) is 10.0 Å². The molecule has 0 amide bonds. The minimum Gasteiger partial charge on any atom is -0.382 e. The predicted molar refractivity (Wildman–Crippen MR) is 83.1 cm³/mol. The number of ether oxygens (including phenoxy) is 1. The van der Waals surface area contributed by atoms with Gasteiger partial charge in [-0.25, -0.2) is 13.1 Å². The minimum absolute atomic E-state index is 0.267. The van der Waals surface area contributed by atoms with Gasteiger partial charge >= 0.3 is 0 Å². The van der Waals surface area contributed by atoms with Gasteiger partial charge in [0, 0.05) is 30.8 Å². The van der Waals surface area contributed by atoms with Crippen molar-refractivity contribution in [2.75, 3.05) is 19.8 Å². The molecule has 1 aromatic carbocycles. The van der Waals surface area contributed by atoms with Crippen molar-refractivity contribution in [1.29, 1.82) is 0 Å². The summed E-state index contributed by atoms with van der Waals surface area (Å²) >= 11 is 3.36. The Morgan fingerprint density at radius 1 is 1.40 bits per heavy atom. The van der Waals surface area contributed by atoms with Crippen LogP contribution in [0.3, 0.4) is 0 Å². The maximum atomic E-state index is 12.3. The van der Waals surface area contributed by atoms with Crippen molar-refractivity contribution in [2.24, 2.45) is 5.73 Å². The third-order valence-electron chi connectivity index (χ3n) is 2.84. The maximum absolute atomic E-state index is 12.3. The molecule has 7 heteroatoms. The van der Waals surface area contributed by atoms with Crippen LogP contribution in [0.2, 0.25) is 0 Å². The van der Waals surface area contributed by atoms with Crippen LogP contribution in [0.4, 0.5) is 0 Å². The van der Waals surface area contributed by atoms with Gasteiger partial charge in [-0.3, -0.25) is 0 Å². The number of hydrogen-bond acceptors (Lipinski definition) is 4. The highest BCUT2D eigenvalue weighted by Crippen LogP contribution is 2.25. The van der Waals surface area contributed by atoms with Crippen molar-refractivity contribution < 1.29 is 13.2 Å². The van der Waals surface area contributed by atoms with E-state index in [2.05, 4.69) is 20.7 Å². The Hall–Kier alpha value is -0.470. The summed E-state index contributed by atoms with van der Waals surface area (Å²) in [4.78, 5) is 0.267. The van der Waals surface area contributed by atoms with Crippen LogP contribution in [-0.2, 0) is 21.3 Å². The van der Waals surface area contributed by atoms with Crippen molar-refractivity contribution >= 4 is 26.0 Å². The molecule has 0 unspecified atom stereocenters. The molecule has 3 N–H and O–H groups in total. The number of rotatable bonds is 8. The first kappa shape index (κ1) is 17.6. The van der Waals surface area contributed by atoms with Crippen LogP contribution in [0.15, 0.2) is 21.5 Å². The molecule has 0 bridgehead atoms. The van der Waals surface area contributed by atoms with Gasteiger partial charge in [0.05, 0.1) is 4.90 Å². The molecule has 5 nitrogen and oxygen atoms in total. The van der Waals surface area contributed by atoms with E-state index in [4.69, 9.17) is 10.5 Å². The van der Waals surface area contributed by atoms with Crippen molar-refractivity contribution in [3.8, 4) is 0 Å². The normalized spacial score (nSPS) is 11.8. The molecule has 0 heterocycles. The van der Waals surface area contributed by atoms with E-state index < -0.39 is 10.0 Å². The predicted octanol–water partition coefficient (Wildman–Crippen LogP) is 1.92. The second-order valence-electron chi connectivity index (χ2n) is 4.35. The summed E-state index contributed by atoms with van der Waals surface area (Å²) in [5.41, 5.74) is 7.04. The molecule has 20 heavy (non-hydrogen) atoms. The molecule has 0 aliphatic heterocycles. The topological polar surface area (TPSA) is 81.4 Å². The van der Waals surface area contributed by atoms with Gasteiger partial charge in [0.2, 0.25) is 10.0 Å². The maximum Gasteiger partial charge on any atom is 0.240 e. The highest BCUT2D eigenvalue weighted by atomic mass is 79.9. The van der Waals surface area contributed by atoms with Gasteiger partial charge in [0.25, 0.3) is 0 Å². The minimum atomic E-state index is -3.52. The van der Waals surface area contributed by atoms with Gasteiger partial charge in [-0.1, -0.05) is 15.9 Å². The Morgan fingerprint density at radius 3 is 2.70 bits per heavy atom. The molecule has 1 aromatic rings. The molecule has 0 saturated carbocycles. The molecule has 1 rings (SSSR count). The van der Waals surface area contributed by atoms with Crippen LogP contribution in [0, 0.1) is 6.92 Å². The van der Waals surface area contributed by atoms with Crippen LogP contribution in [0.1, 0.15) is 24.5 Å². The van der Waals surface area contributed by atoms with Gasteiger partial charge < -0.3 is 10.5 Å². The lowest BCUT2D eigenvalue weighted by atomic mass is 10.1. The fraction of sp³-hybridized carbons (Fsp3) is 0.538. The average Bonchev–Trinajstić information content (AvgIpc) is 2.41. The smallest absolute Gasteiger partial charge is 0.240 e. The average molecular weight is 365 g/mol. The second kappa shape index (κ2) is 8.09. The first-order chi connectivity index (χ1) is 9.42. The van der Waals surface area contributed by atoms with Crippen LogP contribution < -0.4 is 10.5 Å². The van der Waals surface area contributed by atoms with Crippen LogP contribution in [-0.4, -0.2) is 28.2 Å². The van der Waals surface area contributed by atoms with Crippen LogP contribution in [0.25, 0.3) is 0 Å². The molecule has 114 valence electrons. The van der Waals surface area contributed by atoms with Gasteiger partial charge in [-0.05, 0) is 43.5 Å². The van der Waals surface area contributed by atoms with Gasteiger partial charge in [0.15, 0.2) is 0 Å². The zero-order valence-electron chi connectivity index (χ0n) is 11.8. The van der Waals surface area contributed by atoms with Crippen molar-refractivity contribution in [3.63, 3.8) is 0 Å². The van der Waals surface area contributed by atoms with E-state index in [1.807, 2.05) is 13.0 Å². The largest absolute Gasteiger partial charge is 0.382 e. The summed E-state index contributed by atoms with van der Waals surface area (Å²) in [6.45, 7) is 5.50. The van der Waals surface area contributed by atoms with E-state index in [-0.39, 0.29) is 4.90 Å². The van der Waals surface area contributed by atoms with Crippen LogP contribution in [0.5, 0.6) is 0 Å². The summed E-state index contributed by atoms with van der Waals surface area (Å²) in [7, 11) is -3.52. The lowest BCUT2D eigenvalue weighted by Crippen LogP contribution is -2.26. The zero-order chi connectivity index (χ0) is 15.2. The van der Waals surface area contributed by atoms with E-state index in [0.29, 0.717) is 38.3 Å². The number of sulfonamides is 1. The monoisotopic (exact) mass is 364 g/mol. The Morgan fingerprint density at radius 2 is 2.10 bits per heavy atom. The molecule has 0 atom stereocenters. The first-order valence-corrected chi connectivity index (χ1v) is 8.76. The SMILES string of the molecule is CCOCCCNS(=O)(=O)c1cc(CN)cc(Br)c1C. The zero-order valence-corrected chi connectivity index (χ0v) is 14.2. The molecule has 0 saturated heterocycles. The Balaban J connectivity index is 2.84. The number of benzene rings is 1. The summed E-state index contributed by atoms with van der Waals surface area (Å²) in [6, 6.07) is 3.45. The van der Waals surface area contributed by atoms with E-state index in [1.165, 1.54) is 0 Å². The third kappa shape index (κ3) is 4.82. The van der Waals surface area contributed by atoms with E-state index >= 15 is 0 Å². The van der Waals surface area contributed by atoms with Gasteiger partial charge in [-0.2, -0.15) is 0 Å². The number of halogens is 1. The summed E-state index contributed by atoms with van der Waals surface area (Å²) in [5, 5.41) is 0. The molecule has 0 aliphatic rings. The van der Waals surface area contributed by atoms with E-state index in [9.17, 15) is 8.42 Å². The molecule has 0 radical (unpaired) electrons. The number of nitrogens with one attached hydrogen (secondary N) is 1. The van der Waals surface area contributed by atoms with Crippen molar-refractivity contribution in [3.05, 3.63) is 27.7 Å². The van der Waals surface area contributed by atoms with Gasteiger partial charge in [0.1, 0.15) is 0 Å². The highest BCUT2D eigenvalue weighted by molar-refractivity contribution is 9.10. The summed E-state index contributed by atoms with van der Waals surface area (Å²) < 4.78 is 33.1. The quantitative estimate of drug-likeness (QED) is 0.690. The second-order valence-corrected chi connectivity index (χ2v) is 6.94. The lowest BCUT2D eigenvalue weighted by Gasteiger charge is -2.12. The van der Waals surface area contributed by atoms with E-state index in [1.54, 1.807) is 13.0 Å². The third-order valence-corrected chi connectivity index (χ3v) is 5.25. The summed E-state index contributed by atoms with van der Waals surface area (Å²) in [6.07, 6.45) is 0.643. The number of nitrogens with two attached hydrogens (primary N) is 1. The molecule has 0 fully saturated rings. The standard InChI is InChI=1S/C13H21BrN2O3S/c1-3-19-6-4-5-16-20(17,18)13-8-11(9-15)7-12(14)10(13)2/h7-8,16H,3-6,9,15H2,1-2H3. The Kier molecular flexibility index (Phi) is 7.11. The van der Waals surface area contributed by atoms with Crippen molar-refractivity contribution in [2.45, 2.75) is 31.7 Å². The Labute approximate surface area is 129 Å². The van der Waals surface area contributed by atoms with Crippen LogP contribution >= 0.6 is 15.9 Å². The molecule has 0 aliphatic carbocycles. The summed E-state index contributed by atoms with van der Waals surface area (Å²) in [5.74, 6) is 0. The molecule has 0 aromatic heterocycles. The number of hydrogen-bond donors (Lipinski definition) is 2. The molecular weight excluding hydrogens is 344 g/mol. The first-order valence-electron chi connectivity index (χ1n) is 6.49. The molecule has 0 spiro atoms. The fourth-order valence-electron chi connectivity index (χ4n) is 1.71. The lowest BCUT2D eigenvalue weighted by molar-refractivity contribution is 0.146. The Bertz CT molecular complexity index is 547. The fourth-order valence-corrected chi connectivity index (χ4v) is 3.73. The van der Waals surface area contributed by atoms with Gasteiger partial charge in [-0.15, -0.1) is 0 Å². The van der Waals surface area contributed by atoms with Crippen molar-refractivity contribution in [1.82, 2.24) is 4.72 Å².